The molecule has 0 radical (unpaired) electrons. The van der Waals surface area contributed by atoms with Gasteiger partial charge in [-0.25, -0.2) is 0 Å². The molecule has 3 heteroatoms. The van der Waals surface area contributed by atoms with Crippen LogP contribution in [0.5, 0.6) is 0 Å². The van der Waals surface area contributed by atoms with Gasteiger partial charge in [0.05, 0.1) is 0 Å². The monoisotopic (exact) mass is 584 g/mol. The summed E-state index contributed by atoms with van der Waals surface area (Å²) in [6.07, 6.45) is 3.57. The molecule has 178 valence electrons. The van der Waals surface area contributed by atoms with Gasteiger partial charge in [-0.05, 0) is 0 Å². The van der Waals surface area contributed by atoms with E-state index in [2.05, 4.69) is 127 Å². The fourth-order valence-electron chi connectivity index (χ4n) is 5.75. The Bertz CT molecular complexity index is 1480. The van der Waals surface area contributed by atoms with Gasteiger partial charge < -0.3 is 24.8 Å². The van der Waals surface area contributed by atoms with Crippen LogP contribution in [0.15, 0.2) is 118 Å². The molecule has 1 unspecified atom stereocenters. The first kappa shape index (κ1) is 26.7. The van der Waals surface area contributed by atoms with E-state index >= 15 is 0 Å². The van der Waals surface area contributed by atoms with E-state index in [-0.39, 0.29) is 24.8 Å². The molecule has 0 fully saturated rings. The van der Waals surface area contributed by atoms with E-state index in [0.717, 1.165) is 6.42 Å². The van der Waals surface area contributed by atoms with Crippen LogP contribution in [0.25, 0.3) is 16.7 Å². The number of halogens is 2. The van der Waals surface area contributed by atoms with Crippen LogP contribution < -0.4 is 28.1 Å². The van der Waals surface area contributed by atoms with Crippen molar-refractivity contribution < 1.29 is 46.1 Å². The van der Waals surface area contributed by atoms with Gasteiger partial charge in [0.15, 0.2) is 0 Å². The van der Waals surface area contributed by atoms with Crippen molar-refractivity contribution in [2.24, 2.45) is 5.92 Å². The molecule has 4 aromatic rings. The topological polar surface area (TPSA) is 0 Å². The van der Waals surface area contributed by atoms with Crippen LogP contribution in [0.4, 0.5) is 0 Å². The molecule has 0 bridgehead atoms. The molecular formula is C33H28Cl2Zr. The molecule has 2 aliphatic carbocycles. The van der Waals surface area contributed by atoms with Crippen LogP contribution in [0.1, 0.15) is 36.1 Å². The van der Waals surface area contributed by atoms with Crippen molar-refractivity contribution in [1.29, 1.82) is 0 Å². The van der Waals surface area contributed by atoms with Gasteiger partial charge in [-0.3, -0.25) is 0 Å². The molecule has 4 aromatic carbocycles. The number of fused-ring (bicyclic) bond motifs is 3. The summed E-state index contributed by atoms with van der Waals surface area (Å²) in [4.78, 5) is 0. The van der Waals surface area contributed by atoms with Gasteiger partial charge in [0.1, 0.15) is 0 Å². The van der Waals surface area contributed by atoms with Gasteiger partial charge in [-0.2, -0.15) is 0 Å². The van der Waals surface area contributed by atoms with Crippen molar-refractivity contribution in [1.82, 2.24) is 0 Å². The second-order valence-electron chi connectivity index (χ2n) is 9.41. The molecule has 0 saturated carbocycles. The van der Waals surface area contributed by atoms with E-state index in [0.29, 0.717) is 5.92 Å². The minimum absolute atomic E-state index is 0. The van der Waals surface area contributed by atoms with Crippen molar-refractivity contribution >= 4 is 12.6 Å². The molecule has 0 spiro atoms. The summed E-state index contributed by atoms with van der Waals surface area (Å²) in [5, 5.41) is 0. The SMILES string of the molecule is CC1=[C](/[Zr+2](=[CH]/c2ccccc2)[c]2cccc3c2Cc2ccccc2-3)C(C)C=C1c1ccccc1.[Cl-].[Cl-]. The Labute approximate surface area is 234 Å². The standard InChI is InChI=1S/C13H9.C13H13.C7H6.2ClH.Zr/c1-3-7-12-10(5-1)9-11-6-2-4-8-13(11)12;1-10-8-11(2)13(9-10)12-6-4-3-5-7-12;1-7-5-3-2-4-6-7;;;/h1-5,7-8H,9H2;3-7,9-10H,1-2H3;1-6H;2*1H;/q;;;;;+2/p-2. The minimum atomic E-state index is -2.40. The molecule has 36 heavy (non-hydrogen) atoms. The average molecular weight is 587 g/mol. The third-order valence-corrected chi connectivity index (χ3v) is 14.9. The number of hydrogen-bond donors (Lipinski definition) is 0. The van der Waals surface area contributed by atoms with Crippen LogP contribution >= 0.6 is 0 Å². The predicted octanol–water partition coefficient (Wildman–Crippen LogP) is 1.37. The summed E-state index contributed by atoms with van der Waals surface area (Å²) < 4.78 is 6.04. The maximum absolute atomic E-state index is 2.68. The van der Waals surface area contributed by atoms with Crippen molar-refractivity contribution in [2.45, 2.75) is 20.3 Å². The van der Waals surface area contributed by atoms with Crippen LogP contribution in [-0.4, -0.2) is 3.71 Å². The molecule has 1 atom stereocenters. The van der Waals surface area contributed by atoms with Crippen molar-refractivity contribution in [3.63, 3.8) is 0 Å². The molecule has 0 saturated heterocycles. The quantitative estimate of drug-likeness (QED) is 0.299. The van der Waals surface area contributed by atoms with Gasteiger partial charge in [-0.1, -0.05) is 0 Å². The molecule has 0 aliphatic heterocycles. The summed E-state index contributed by atoms with van der Waals surface area (Å²) in [6.45, 7) is 4.78. The Morgan fingerprint density at radius 3 is 2.11 bits per heavy atom. The van der Waals surface area contributed by atoms with E-state index in [1.165, 1.54) is 39.0 Å². The first-order valence-corrected chi connectivity index (χ1v) is 16.0. The van der Waals surface area contributed by atoms with Crippen LogP contribution in [-0.2, 0) is 27.7 Å². The van der Waals surface area contributed by atoms with Gasteiger partial charge in [0.25, 0.3) is 0 Å². The van der Waals surface area contributed by atoms with Crippen LogP contribution in [0.2, 0.25) is 0 Å². The molecular weight excluding hydrogens is 558 g/mol. The maximum Gasteiger partial charge on any atom is -1.00 e. The van der Waals surface area contributed by atoms with Gasteiger partial charge in [0.2, 0.25) is 0 Å². The third kappa shape index (κ3) is 4.82. The van der Waals surface area contributed by atoms with E-state index in [9.17, 15) is 0 Å². The minimum Gasteiger partial charge on any atom is -1.00 e. The van der Waals surface area contributed by atoms with Gasteiger partial charge >= 0.3 is 211 Å². The first-order valence-electron chi connectivity index (χ1n) is 12.2. The molecule has 0 amide bonds. The zero-order valence-corrected chi connectivity index (χ0v) is 24.5. The Morgan fingerprint density at radius 2 is 1.36 bits per heavy atom. The van der Waals surface area contributed by atoms with Crippen LogP contribution in [0.3, 0.4) is 0 Å². The summed E-state index contributed by atoms with van der Waals surface area (Å²) in [7, 11) is 0. The number of rotatable bonds is 4. The van der Waals surface area contributed by atoms with E-state index in [4.69, 9.17) is 0 Å². The zero-order valence-electron chi connectivity index (χ0n) is 20.5. The molecule has 0 nitrogen and oxygen atoms in total. The Morgan fingerprint density at radius 1 is 0.722 bits per heavy atom. The average Bonchev–Trinajstić information content (AvgIpc) is 3.40. The van der Waals surface area contributed by atoms with Gasteiger partial charge in [0, 0.05) is 0 Å². The third-order valence-electron chi connectivity index (χ3n) is 7.31. The first-order chi connectivity index (χ1) is 16.7. The number of allylic oxidation sites excluding steroid dienone is 4. The smallest absolute Gasteiger partial charge is 1.00 e. The summed E-state index contributed by atoms with van der Waals surface area (Å²) >= 11 is -2.40. The largest absolute Gasteiger partial charge is 1.00 e. The zero-order chi connectivity index (χ0) is 23.1. The summed E-state index contributed by atoms with van der Waals surface area (Å²) in [5.41, 5.74) is 11.6. The molecule has 0 N–H and O–H groups in total. The Hall–Kier alpha value is -2.31. The van der Waals surface area contributed by atoms with Gasteiger partial charge in [-0.15, -0.1) is 0 Å². The van der Waals surface area contributed by atoms with Crippen molar-refractivity contribution in [2.75, 3.05) is 0 Å². The predicted molar refractivity (Wildman–Crippen MR) is 142 cm³/mol. The molecule has 0 aromatic heterocycles. The number of hydrogen-bond acceptors (Lipinski definition) is 0. The molecule has 0 heterocycles. The summed E-state index contributed by atoms with van der Waals surface area (Å²) in [5.74, 6) is 0.476. The maximum atomic E-state index is 2.68. The number of benzene rings is 4. The Kier molecular flexibility index (Phi) is 8.46. The fraction of sp³-hybridized carbons (Fsp3) is 0.121. The van der Waals surface area contributed by atoms with Crippen LogP contribution in [0, 0.1) is 5.92 Å². The fourth-order valence-corrected chi connectivity index (χ4v) is 13.3. The van der Waals surface area contributed by atoms with E-state index in [1.807, 2.05) is 0 Å². The summed E-state index contributed by atoms with van der Waals surface area (Å²) in [6, 6.07) is 38.0. The second kappa shape index (κ2) is 11.4. The van der Waals surface area contributed by atoms with E-state index < -0.39 is 21.3 Å². The second-order valence-corrected chi connectivity index (χ2v) is 14.8. The van der Waals surface area contributed by atoms with E-state index in [1.54, 1.807) is 12.1 Å². The Balaban J connectivity index is 0.00000152. The van der Waals surface area contributed by atoms with Crippen molar-refractivity contribution in [3.05, 3.63) is 140 Å². The van der Waals surface area contributed by atoms with Crippen molar-refractivity contribution in [3.8, 4) is 11.1 Å². The molecule has 2 aliphatic rings. The molecule has 6 rings (SSSR count). The normalized spacial score (nSPS) is 15.5.